The molecule has 0 saturated heterocycles. The molecule has 0 fully saturated rings. The third-order valence-electron chi connectivity index (χ3n) is 3.25. The molecule has 2 N–H and O–H groups in total. The minimum Gasteiger partial charge on any atom is -0.340 e. The van der Waals surface area contributed by atoms with Gasteiger partial charge in [0.15, 0.2) is 0 Å². The van der Waals surface area contributed by atoms with E-state index in [1.165, 1.54) is 0 Å². The molecule has 0 spiro atoms. The zero-order chi connectivity index (χ0) is 13.4. The van der Waals surface area contributed by atoms with Crippen LogP contribution in [0.25, 0.3) is 21.8 Å². The topological polar surface area (TPSA) is 66.5 Å². The van der Waals surface area contributed by atoms with Gasteiger partial charge in [-0.2, -0.15) is 5.10 Å². The lowest BCUT2D eigenvalue weighted by Gasteiger charge is -2.08. The van der Waals surface area contributed by atoms with Crippen LogP contribution in [0.3, 0.4) is 0 Å². The predicted molar refractivity (Wildman–Crippen MR) is 78.9 cm³/mol. The van der Waals surface area contributed by atoms with Crippen molar-refractivity contribution >= 4 is 33.3 Å². The first kappa shape index (κ1) is 10.9. The van der Waals surface area contributed by atoms with Gasteiger partial charge < -0.3 is 5.32 Å². The molecule has 0 aliphatic heterocycles. The van der Waals surface area contributed by atoms with Crippen molar-refractivity contribution in [3.05, 3.63) is 55.0 Å². The number of H-pyrrole nitrogens is 1. The largest absolute Gasteiger partial charge is 0.340 e. The molecule has 5 nitrogen and oxygen atoms in total. The summed E-state index contributed by atoms with van der Waals surface area (Å²) in [4.78, 5) is 8.58. The van der Waals surface area contributed by atoms with E-state index in [2.05, 4.69) is 25.5 Å². The highest BCUT2D eigenvalue weighted by atomic mass is 15.1. The van der Waals surface area contributed by atoms with E-state index >= 15 is 0 Å². The number of aromatic amines is 1. The molecule has 0 unspecified atom stereocenters. The monoisotopic (exact) mass is 261 g/mol. The fourth-order valence-electron chi connectivity index (χ4n) is 2.26. The molecule has 0 radical (unpaired) electrons. The molecule has 2 aromatic carbocycles. The summed E-state index contributed by atoms with van der Waals surface area (Å²) < 4.78 is 0. The molecule has 0 atom stereocenters. The summed E-state index contributed by atoms with van der Waals surface area (Å²) in [7, 11) is 0. The molecular weight excluding hydrogens is 250 g/mol. The molecule has 4 rings (SSSR count). The Kier molecular flexibility index (Phi) is 2.35. The highest BCUT2D eigenvalue weighted by molar-refractivity contribution is 5.91. The molecular formula is C15H11N5. The zero-order valence-electron chi connectivity index (χ0n) is 10.5. The maximum atomic E-state index is 4.32. The number of nitrogens with one attached hydrogen (secondary N) is 2. The Hall–Kier alpha value is -2.95. The van der Waals surface area contributed by atoms with Gasteiger partial charge in [0.25, 0.3) is 0 Å². The summed E-state index contributed by atoms with van der Waals surface area (Å²) in [6.45, 7) is 0. The van der Waals surface area contributed by atoms with E-state index in [4.69, 9.17) is 0 Å². The van der Waals surface area contributed by atoms with Gasteiger partial charge in [0.1, 0.15) is 12.1 Å². The summed E-state index contributed by atoms with van der Waals surface area (Å²) in [6.07, 6.45) is 3.37. The van der Waals surface area contributed by atoms with E-state index in [9.17, 15) is 0 Å². The first-order chi connectivity index (χ1) is 9.90. The highest BCUT2D eigenvalue weighted by Crippen LogP contribution is 2.24. The number of benzene rings is 2. The Balaban J connectivity index is 1.80. The molecule has 20 heavy (non-hydrogen) atoms. The van der Waals surface area contributed by atoms with E-state index in [0.29, 0.717) is 0 Å². The smallest absolute Gasteiger partial charge is 0.141 e. The predicted octanol–water partition coefficient (Wildman–Crippen LogP) is 3.25. The van der Waals surface area contributed by atoms with Crippen LogP contribution in [0, 0.1) is 0 Å². The average molecular weight is 261 g/mol. The van der Waals surface area contributed by atoms with E-state index in [-0.39, 0.29) is 0 Å². The van der Waals surface area contributed by atoms with Gasteiger partial charge in [-0.15, -0.1) is 0 Å². The molecule has 0 saturated carbocycles. The van der Waals surface area contributed by atoms with Crippen LogP contribution in [0.15, 0.2) is 55.0 Å². The van der Waals surface area contributed by atoms with Crippen LogP contribution < -0.4 is 5.32 Å². The molecule has 0 bridgehead atoms. The van der Waals surface area contributed by atoms with Crippen molar-refractivity contribution in [2.75, 3.05) is 5.32 Å². The van der Waals surface area contributed by atoms with Gasteiger partial charge in [-0.25, -0.2) is 9.97 Å². The number of hydrogen-bond donors (Lipinski definition) is 2. The molecule has 0 amide bonds. The second kappa shape index (κ2) is 4.31. The first-order valence-corrected chi connectivity index (χ1v) is 6.30. The van der Waals surface area contributed by atoms with Crippen molar-refractivity contribution in [3.8, 4) is 0 Å². The minimum atomic E-state index is 0.800. The van der Waals surface area contributed by atoms with Crippen LogP contribution in [-0.4, -0.2) is 20.2 Å². The second-order valence-corrected chi connectivity index (χ2v) is 4.54. The van der Waals surface area contributed by atoms with Gasteiger partial charge in [0.05, 0.1) is 17.2 Å². The van der Waals surface area contributed by atoms with Crippen molar-refractivity contribution in [1.29, 1.82) is 0 Å². The Labute approximate surface area is 114 Å². The van der Waals surface area contributed by atoms with E-state index in [0.717, 1.165) is 33.3 Å². The van der Waals surface area contributed by atoms with Crippen molar-refractivity contribution in [2.24, 2.45) is 0 Å². The summed E-state index contributed by atoms with van der Waals surface area (Å²) in [5.41, 5.74) is 2.88. The minimum absolute atomic E-state index is 0.800. The van der Waals surface area contributed by atoms with Gasteiger partial charge in [-0.3, -0.25) is 5.10 Å². The lowest BCUT2D eigenvalue weighted by Crippen LogP contribution is -1.95. The number of rotatable bonds is 2. The molecule has 0 aliphatic carbocycles. The quantitative estimate of drug-likeness (QED) is 0.581. The Bertz CT molecular complexity index is 891. The third kappa shape index (κ3) is 1.76. The molecule has 96 valence electrons. The number of nitrogens with zero attached hydrogens (tertiary/aromatic N) is 3. The SMILES string of the molecule is c1ccc2c(Nc3ccc4cn[nH]c4c3)ncnc2c1. The van der Waals surface area contributed by atoms with Crippen LogP contribution in [-0.2, 0) is 0 Å². The van der Waals surface area contributed by atoms with Crippen LogP contribution in [0.4, 0.5) is 11.5 Å². The number of aromatic nitrogens is 4. The van der Waals surface area contributed by atoms with Crippen LogP contribution in [0.1, 0.15) is 0 Å². The molecule has 2 aromatic heterocycles. The summed E-state index contributed by atoms with van der Waals surface area (Å²) in [6, 6.07) is 14.0. The average Bonchev–Trinajstić information content (AvgIpc) is 2.95. The maximum absolute atomic E-state index is 4.32. The van der Waals surface area contributed by atoms with Gasteiger partial charge >= 0.3 is 0 Å². The normalized spacial score (nSPS) is 11.0. The van der Waals surface area contributed by atoms with Gasteiger partial charge in [-0.05, 0) is 30.3 Å². The summed E-state index contributed by atoms with van der Waals surface area (Å²) >= 11 is 0. The van der Waals surface area contributed by atoms with Crippen molar-refractivity contribution in [3.63, 3.8) is 0 Å². The van der Waals surface area contributed by atoms with Crippen molar-refractivity contribution in [1.82, 2.24) is 20.2 Å². The fraction of sp³-hybridized carbons (Fsp3) is 0. The van der Waals surface area contributed by atoms with Gasteiger partial charge in [0, 0.05) is 16.5 Å². The summed E-state index contributed by atoms with van der Waals surface area (Å²) in [5.74, 6) is 0.800. The zero-order valence-corrected chi connectivity index (χ0v) is 10.5. The maximum Gasteiger partial charge on any atom is 0.141 e. The van der Waals surface area contributed by atoms with E-state index < -0.39 is 0 Å². The fourth-order valence-corrected chi connectivity index (χ4v) is 2.26. The van der Waals surface area contributed by atoms with Crippen LogP contribution in [0.5, 0.6) is 0 Å². The molecule has 5 heteroatoms. The van der Waals surface area contributed by atoms with E-state index in [1.54, 1.807) is 12.5 Å². The van der Waals surface area contributed by atoms with Gasteiger partial charge in [0.2, 0.25) is 0 Å². The number of fused-ring (bicyclic) bond motifs is 2. The molecule has 2 heterocycles. The number of anilines is 2. The van der Waals surface area contributed by atoms with E-state index in [1.807, 2.05) is 42.5 Å². The van der Waals surface area contributed by atoms with Crippen LogP contribution >= 0.6 is 0 Å². The Morgan fingerprint density at radius 1 is 1.00 bits per heavy atom. The molecule has 0 aliphatic rings. The third-order valence-corrected chi connectivity index (χ3v) is 3.25. The number of para-hydroxylation sites is 1. The van der Waals surface area contributed by atoms with Crippen molar-refractivity contribution < 1.29 is 0 Å². The lowest BCUT2D eigenvalue weighted by atomic mass is 10.2. The molecule has 4 aromatic rings. The lowest BCUT2D eigenvalue weighted by molar-refractivity contribution is 1.12. The van der Waals surface area contributed by atoms with Crippen molar-refractivity contribution in [2.45, 2.75) is 0 Å². The Morgan fingerprint density at radius 3 is 2.95 bits per heavy atom. The highest BCUT2D eigenvalue weighted by Gasteiger charge is 2.04. The van der Waals surface area contributed by atoms with Gasteiger partial charge in [-0.1, -0.05) is 12.1 Å². The standard InChI is InChI=1S/C15H11N5/c1-2-4-13-12(3-1)15(17-9-16-13)19-11-6-5-10-8-18-20-14(10)7-11/h1-9H,(H,18,20)(H,16,17,19). The second-order valence-electron chi connectivity index (χ2n) is 4.54. The number of hydrogen-bond acceptors (Lipinski definition) is 4. The summed E-state index contributed by atoms with van der Waals surface area (Å²) in [5, 5.41) is 12.4. The first-order valence-electron chi connectivity index (χ1n) is 6.30. The Morgan fingerprint density at radius 2 is 1.95 bits per heavy atom. The van der Waals surface area contributed by atoms with Crippen LogP contribution in [0.2, 0.25) is 0 Å².